The molecule has 0 saturated heterocycles. The Morgan fingerprint density at radius 1 is 1.47 bits per heavy atom. The molecule has 0 aromatic rings. The fourth-order valence-electron chi connectivity index (χ4n) is 1.02. The summed E-state index contributed by atoms with van der Waals surface area (Å²) >= 11 is 0. The number of halogens is 3. The number of hydrogen-bond donors (Lipinski definition) is 2. The summed E-state index contributed by atoms with van der Waals surface area (Å²) in [6.45, 7) is 0.529. The van der Waals surface area contributed by atoms with Crippen LogP contribution in [-0.4, -0.2) is 43.1 Å². The Balaban J connectivity index is 3.41. The van der Waals surface area contributed by atoms with E-state index in [0.717, 1.165) is 0 Å². The molecule has 0 aliphatic heterocycles. The van der Waals surface area contributed by atoms with Crippen LogP contribution in [0.3, 0.4) is 0 Å². The first-order valence-electron chi connectivity index (χ1n) is 5.44. The van der Waals surface area contributed by atoms with Crippen LogP contribution >= 0.6 is 0 Å². The number of amides is 1. The zero-order valence-electron chi connectivity index (χ0n) is 9.72. The number of carbonyl (C=O) groups is 1. The van der Waals surface area contributed by atoms with Crippen LogP contribution in [0.5, 0.6) is 0 Å². The van der Waals surface area contributed by atoms with Gasteiger partial charge in [0, 0.05) is 13.0 Å². The Bertz CT molecular complexity index is 221. The second-order valence-corrected chi connectivity index (χ2v) is 3.62. The van der Waals surface area contributed by atoms with Gasteiger partial charge < -0.3 is 15.2 Å². The molecule has 0 aromatic heterocycles. The third-order valence-corrected chi connectivity index (χ3v) is 2.01. The zero-order chi connectivity index (χ0) is 13.3. The third-order valence-electron chi connectivity index (χ3n) is 2.01. The highest BCUT2D eigenvalue weighted by molar-refractivity contribution is 5.75. The number of nitrogens with one attached hydrogen (secondary N) is 1. The first-order valence-corrected chi connectivity index (χ1v) is 5.44. The Hall–Kier alpha value is -0.820. The van der Waals surface area contributed by atoms with Crippen molar-refractivity contribution < 1.29 is 27.8 Å². The fourth-order valence-corrected chi connectivity index (χ4v) is 1.02. The normalized spacial score (nSPS) is 13.5. The second kappa shape index (κ2) is 8.30. The van der Waals surface area contributed by atoms with Gasteiger partial charge in [-0.1, -0.05) is 6.92 Å². The van der Waals surface area contributed by atoms with Crippen LogP contribution in [-0.2, 0) is 9.53 Å². The molecule has 1 atom stereocenters. The van der Waals surface area contributed by atoms with E-state index in [1.165, 1.54) is 0 Å². The van der Waals surface area contributed by atoms with Crippen molar-refractivity contribution >= 4 is 5.91 Å². The molecule has 1 unspecified atom stereocenters. The second-order valence-electron chi connectivity index (χ2n) is 3.62. The molecule has 0 saturated carbocycles. The van der Waals surface area contributed by atoms with Gasteiger partial charge in [0.25, 0.3) is 0 Å². The van der Waals surface area contributed by atoms with Crippen LogP contribution in [0.4, 0.5) is 13.2 Å². The van der Waals surface area contributed by atoms with Crippen LogP contribution in [0.2, 0.25) is 0 Å². The number of carbonyl (C=O) groups excluding carboxylic acids is 1. The van der Waals surface area contributed by atoms with Crippen LogP contribution < -0.4 is 5.32 Å². The predicted molar refractivity (Wildman–Crippen MR) is 55.4 cm³/mol. The molecule has 0 heterocycles. The molecule has 0 spiro atoms. The quantitative estimate of drug-likeness (QED) is 0.643. The summed E-state index contributed by atoms with van der Waals surface area (Å²) in [6, 6.07) is 0. The van der Waals surface area contributed by atoms with Gasteiger partial charge in [-0.3, -0.25) is 4.79 Å². The molecule has 4 nitrogen and oxygen atoms in total. The van der Waals surface area contributed by atoms with E-state index in [1.54, 1.807) is 0 Å². The lowest BCUT2D eigenvalue weighted by molar-refractivity contribution is -0.174. The van der Waals surface area contributed by atoms with Crippen molar-refractivity contribution in [1.29, 1.82) is 0 Å². The number of ether oxygens (including phenoxy) is 1. The minimum atomic E-state index is -4.36. The molecular weight excluding hydrogens is 239 g/mol. The predicted octanol–water partition coefficient (Wildman–Crippen LogP) is 1.23. The summed E-state index contributed by atoms with van der Waals surface area (Å²) < 4.78 is 39.3. The van der Waals surface area contributed by atoms with Crippen LogP contribution in [0, 0.1) is 0 Å². The molecule has 2 N–H and O–H groups in total. The SMILES string of the molecule is CCC(O)CCNC(=O)CCOCC(F)(F)F. The maximum absolute atomic E-state index is 11.7. The molecule has 17 heavy (non-hydrogen) atoms. The van der Waals surface area contributed by atoms with Crippen molar-refractivity contribution in [2.45, 2.75) is 38.5 Å². The maximum Gasteiger partial charge on any atom is 0.411 e. The van der Waals surface area contributed by atoms with Gasteiger partial charge in [0.2, 0.25) is 5.91 Å². The van der Waals surface area contributed by atoms with E-state index in [0.29, 0.717) is 19.4 Å². The topological polar surface area (TPSA) is 58.6 Å². The van der Waals surface area contributed by atoms with Crippen molar-refractivity contribution in [3.05, 3.63) is 0 Å². The average Bonchev–Trinajstić information content (AvgIpc) is 2.23. The van der Waals surface area contributed by atoms with Gasteiger partial charge in [-0.05, 0) is 12.8 Å². The highest BCUT2D eigenvalue weighted by atomic mass is 19.4. The highest BCUT2D eigenvalue weighted by Gasteiger charge is 2.27. The summed E-state index contributed by atoms with van der Waals surface area (Å²) in [5.41, 5.74) is 0. The van der Waals surface area contributed by atoms with Gasteiger partial charge in [-0.25, -0.2) is 0 Å². The molecule has 102 valence electrons. The first-order chi connectivity index (χ1) is 7.85. The highest BCUT2D eigenvalue weighted by Crippen LogP contribution is 2.14. The Morgan fingerprint density at radius 3 is 2.65 bits per heavy atom. The van der Waals surface area contributed by atoms with Gasteiger partial charge in [0.15, 0.2) is 0 Å². The molecule has 0 aromatic carbocycles. The van der Waals surface area contributed by atoms with Crippen molar-refractivity contribution in [3.8, 4) is 0 Å². The third kappa shape index (κ3) is 11.4. The van der Waals surface area contributed by atoms with Gasteiger partial charge >= 0.3 is 6.18 Å². The largest absolute Gasteiger partial charge is 0.411 e. The van der Waals surface area contributed by atoms with Crippen LogP contribution in [0.1, 0.15) is 26.2 Å². The number of hydrogen-bond acceptors (Lipinski definition) is 3. The minimum absolute atomic E-state index is 0.113. The standard InChI is InChI=1S/C10H18F3NO3/c1-2-8(15)3-5-14-9(16)4-6-17-7-10(11,12)13/h8,15H,2-7H2,1H3,(H,14,16). The summed E-state index contributed by atoms with van der Waals surface area (Å²) in [5.74, 6) is -0.379. The molecular formula is C10H18F3NO3. The lowest BCUT2D eigenvalue weighted by atomic mass is 10.2. The molecule has 0 aliphatic carbocycles. The lowest BCUT2D eigenvalue weighted by Gasteiger charge is -2.09. The molecule has 0 bridgehead atoms. The van der Waals surface area contributed by atoms with Crippen LogP contribution in [0.25, 0.3) is 0 Å². The van der Waals surface area contributed by atoms with E-state index >= 15 is 0 Å². The van der Waals surface area contributed by atoms with Crippen molar-refractivity contribution in [3.63, 3.8) is 0 Å². The van der Waals surface area contributed by atoms with E-state index in [9.17, 15) is 23.1 Å². The average molecular weight is 257 g/mol. The summed E-state index contributed by atoms with van der Waals surface area (Å²) in [4.78, 5) is 11.1. The molecule has 0 radical (unpaired) electrons. The van der Waals surface area contributed by atoms with Crippen molar-refractivity contribution in [2.24, 2.45) is 0 Å². The summed E-state index contributed by atoms with van der Waals surface area (Å²) in [6.07, 6.45) is -3.90. The molecule has 0 fully saturated rings. The fraction of sp³-hybridized carbons (Fsp3) is 0.900. The molecule has 1 amide bonds. The van der Waals surface area contributed by atoms with E-state index in [1.807, 2.05) is 6.92 Å². The van der Waals surface area contributed by atoms with Gasteiger partial charge in [0.05, 0.1) is 12.7 Å². The number of alkyl halides is 3. The zero-order valence-corrected chi connectivity index (χ0v) is 9.72. The van der Waals surface area contributed by atoms with E-state index in [2.05, 4.69) is 10.1 Å². The van der Waals surface area contributed by atoms with Crippen molar-refractivity contribution in [2.75, 3.05) is 19.8 Å². The number of aliphatic hydroxyl groups is 1. The van der Waals surface area contributed by atoms with E-state index < -0.39 is 18.9 Å². The smallest absolute Gasteiger partial charge is 0.393 e. The monoisotopic (exact) mass is 257 g/mol. The van der Waals surface area contributed by atoms with Crippen molar-refractivity contribution in [1.82, 2.24) is 5.32 Å². The van der Waals surface area contributed by atoms with Gasteiger partial charge in [-0.2, -0.15) is 13.2 Å². The summed E-state index contributed by atoms with van der Waals surface area (Å²) in [7, 11) is 0. The number of aliphatic hydroxyl groups excluding tert-OH is 1. The maximum atomic E-state index is 11.7. The molecule has 0 aliphatic rings. The molecule has 0 rings (SSSR count). The minimum Gasteiger partial charge on any atom is -0.393 e. The lowest BCUT2D eigenvalue weighted by Crippen LogP contribution is -2.28. The van der Waals surface area contributed by atoms with E-state index in [4.69, 9.17) is 0 Å². The Kier molecular flexibility index (Phi) is 7.90. The Labute approximate surface area is 98.1 Å². The Morgan fingerprint density at radius 2 is 2.12 bits per heavy atom. The van der Waals surface area contributed by atoms with Gasteiger partial charge in [-0.15, -0.1) is 0 Å². The van der Waals surface area contributed by atoms with E-state index in [-0.39, 0.29) is 18.9 Å². The molecule has 7 heteroatoms. The van der Waals surface area contributed by atoms with Crippen LogP contribution in [0.15, 0.2) is 0 Å². The first kappa shape index (κ1) is 16.2. The summed E-state index contributed by atoms with van der Waals surface area (Å²) in [5, 5.41) is 11.7. The number of rotatable bonds is 8. The van der Waals surface area contributed by atoms with Gasteiger partial charge in [0.1, 0.15) is 6.61 Å².